The molecule has 2 rings (SSSR count). The largest absolute Gasteiger partial charge is 0.335 e. The van der Waals surface area contributed by atoms with Crippen molar-refractivity contribution in [2.24, 2.45) is 5.92 Å². The van der Waals surface area contributed by atoms with Gasteiger partial charge in [-0.05, 0) is 30.0 Å². The number of carbonyl (C=O) groups excluding carboxylic acids is 1. The van der Waals surface area contributed by atoms with Crippen molar-refractivity contribution in [1.82, 2.24) is 4.90 Å². The number of hydrogen-bond donors (Lipinski definition) is 0. The van der Waals surface area contributed by atoms with Crippen molar-refractivity contribution in [3.63, 3.8) is 0 Å². The second-order valence-corrected chi connectivity index (χ2v) is 6.41. The smallest absolute Gasteiger partial charge is 0.223 e. The summed E-state index contributed by atoms with van der Waals surface area (Å²) in [6.07, 6.45) is 9.98. The summed E-state index contributed by atoms with van der Waals surface area (Å²) in [6.45, 7) is 4.92. The van der Waals surface area contributed by atoms with Gasteiger partial charge in [0.05, 0.1) is 11.6 Å². The molecule has 0 aliphatic heterocycles. The summed E-state index contributed by atoms with van der Waals surface area (Å²) in [7, 11) is 0. The van der Waals surface area contributed by atoms with Crippen molar-refractivity contribution in [3.05, 3.63) is 48.0 Å². The number of carbonyl (C=O) groups is 1. The molecular formula is C20H26N2O. The highest BCUT2D eigenvalue weighted by atomic mass is 16.2. The SMILES string of the molecule is C=CCN(Cc1ccc(C#N)cc1)C(=O)CCC1CCCCC1. The normalized spacial score (nSPS) is 14.9. The van der Waals surface area contributed by atoms with Crippen LogP contribution in [0.4, 0.5) is 0 Å². The van der Waals surface area contributed by atoms with Crippen molar-refractivity contribution in [1.29, 1.82) is 5.26 Å². The molecule has 0 radical (unpaired) electrons. The monoisotopic (exact) mass is 310 g/mol. The van der Waals surface area contributed by atoms with E-state index in [1.165, 1.54) is 32.1 Å². The lowest BCUT2D eigenvalue weighted by molar-refractivity contribution is -0.131. The van der Waals surface area contributed by atoms with Crippen molar-refractivity contribution < 1.29 is 4.79 Å². The van der Waals surface area contributed by atoms with Crippen LogP contribution in [0.25, 0.3) is 0 Å². The Balaban J connectivity index is 1.89. The molecule has 0 aromatic heterocycles. The van der Waals surface area contributed by atoms with Gasteiger partial charge in [0.2, 0.25) is 5.91 Å². The molecule has 0 atom stereocenters. The highest BCUT2D eigenvalue weighted by Crippen LogP contribution is 2.27. The number of amides is 1. The Hall–Kier alpha value is -2.08. The molecule has 1 aromatic rings. The molecule has 1 saturated carbocycles. The summed E-state index contributed by atoms with van der Waals surface area (Å²) >= 11 is 0. The summed E-state index contributed by atoms with van der Waals surface area (Å²) in [5.74, 6) is 0.938. The highest BCUT2D eigenvalue weighted by molar-refractivity contribution is 5.76. The number of rotatable bonds is 7. The van der Waals surface area contributed by atoms with Crippen molar-refractivity contribution >= 4 is 5.91 Å². The standard InChI is InChI=1S/C20H26N2O/c1-2-14-22(16-19-10-8-18(15-21)9-11-19)20(23)13-12-17-6-4-3-5-7-17/h2,8-11,17H,1,3-7,12-14,16H2. The Bertz CT molecular complexity index is 550. The summed E-state index contributed by atoms with van der Waals surface area (Å²) < 4.78 is 0. The number of benzene rings is 1. The molecule has 0 bridgehead atoms. The molecule has 1 aromatic carbocycles. The van der Waals surface area contributed by atoms with E-state index < -0.39 is 0 Å². The van der Waals surface area contributed by atoms with E-state index in [9.17, 15) is 4.79 Å². The van der Waals surface area contributed by atoms with Gasteiger partial charge in [-0.25, -0.2) is 0 Å². The Morgan fingerprint density at radius 1 is 1.26 bits per heavy atom. The third kappa shape index (κ3) is 5.56. The molecule has 1 fully saturated rings. The molecule has 0 spiro atoms. The van der Waals surface area contributed by atoms with Gasteiger partial charge < -0.3 is 4.90 Å². The lowest BCUT2D eigenvalue weighted by Crippen LogP contribution is -2.31. The zero-order valence-corrected chi connectivity index (χ0v) is 13.8. The number of nitriles is 1. The zero-order chi connectivity index (χ0) is 16.5. The molecule has 0 unspecified atom stereocenters. The summed E-state index contributed by atoms with van der Waals surface area (Å²) in [5, 5.41) is 8.85. The number of hydrogen-bond acceptors (Lipinski definition) is 2. The van der Waals surface area contributed by atoms with Crippen LogP contribution in [0.2, 0.25) is 0 Å². The molecule has 1 aliphatic carbocycles. The molecule has 3 heteroatoms. The third-order valence-corrected chi connectivity index (χ3v) is 4.65. The van der Waals surface area contributed by atoms with Gasteiger partial charge in [-0.15, -0.1) is 6.58 Å². The van der Waals surface area contributed by atoms with E-state index in [0.29, 0.717) is 25.1 Å². The van der Waals surface area contributed by atoms with Crippen LogP contribution in [0.1, 0.15) is 56.1 Å². The van der Waals surface area contributed by atoms with E-state index in [0.717, 1.165) is 17.9 Å². The maximum absolute atomic E-state index is 12.5. The molecule has 23 heavy (non-hydrogen) atoms. The van der Waals surface area contributed by atoms with E-state index in [1.54, 1.807) is 18.2 Å². The summed E-state index contributed by atoms with van der Waals surface area (Å²) in [6, 6.07) is 9.55. The maximum Gasteiger partial charge on any atom is 0.223 e. The lowest BCUT2D eigenvalue weighted by Gasteiger charge is -2.24. The average Bonchev–Trinajstić information content (AvgIpc) is 2.61. The van der Waals surface area contributed by atoms with Gasteiger partial charge in [-0.1, -0.05) is 50.3 Å². The van der Waals surface area contributed by atoms with E-state index in [4.69, 9.17) is 5.26 Å². The first-order chi connectivity index (χ1) is 11.2. The second kappa shape index (κ2) is 9.15. The third-order valence-electron chi connectivity index (χ3n) is 4.65. The minimum atomic E-state index is 0.208. The van der Waals surface area contributed by atoms with Gasteiger partial charge in [0.15, 0.2) is 0 Å². The number of nitrogens with zero attached hydrogens (tertiary/aromatic N) is 2. The first-order valence-electron chi connectivity index (χ1n) is 8.60. The van der Waals surface area contributed by atoms with Gasteiger partial charge in [0.1, 0.15) is 0 Å². The molecule has 0 saturated heterocycles. The lowest BCUT2D eigenvalue weighted by atomic mass is 9.86. The first kappa shape index (κ1) is 17.3. The van der Waals surface area contributed by atoms with E-state index in [1.807, 2.05) is 17.0 Å². The highest BCUT2D eigenvalue weighted by Gasteiger charge is 2.18. The molecule has 0 N–H and O–H groups in total. The van der Waals surface area contributed by atoms with Gasteiger partial charge in [0.25, 0.3) is 0 Å². The van der Waals surface area contributed by atoms with Crippen LogP contribution in [0.15, 0.2) is 36.9 Å². The Labute approximate surface area is 139 Å². The molecule has 0 heterocycles. The predicted molar refractivity (Wildman–Crippen MR) is 92.6 cm³/mol. The van der Waals surface area contributed by atoms with E-state index in [2.05, 4.69) is 12.6 Å². The van der Waals surface area contributed by atoms with Gasteiger partial charge in [-0.2, -0.15) is 5.26 Å². The fourth-order valence-electron chi connectivity index (χ4n) is 3.28. The Morgan fingerprint density at radius 2 is 1.96 bits per heavy atom. The predicted octanol–water partition coefficient (Wildman–Crippen LogP) is 4.43. The minimum absolute atomic E-state index is 0.208. The van der Waals surface area contributed by atoms with Crippen LogP contribution < -0.4 is 0 Å². The zero-order valence-electron chi connectivity index (χ0n) is 13.8. The van der Waals surface area contributed by atoms with Gasteiger partial charge in [0, 0.05) is 19.5 Å². The van der Waals surface area contributed by atoms with E-state index in [-0.39, 0.29) is 5.91 Å². The fourth-order valence-corrected chi connectivity index (χ4v) is 3.28. The molecule has 3 nitrogen and oxygen atoms in total. The van der Waals surface area contributed by atoms with Crippen LogP contribution in [0, 0.1) is 17.2 Å². The quantitative estimate of drug-likeness (QED) is 0.699. The van der Waals surface area contributed by atoms with Crippen LogP contribution in [-0.2, 0) is 11.3 Å². The molecule has 1 amide bonds. The van der Waals surface area contributed by atoms with Crippen LogP contribution in [0.3, 0.4) is 0 Å². The average molecular weight is 310 g/mol. The molecule has 122 valence electrons. The molecule has 1 aliphatic rings. The summed E-state index contributed by atoms with van der Waals surface area (Å²) in [5.41, 5.74) is 1.70. The summed E-state index contributed by atoms with van der Waals surface area (Å²) in [4.78, 5) is 14.4. The Kier molecular flexibility index (Phi) is 6.87. The van der Waals surface area contributed by atoms with Crippen molar-refractivity contribution in [3.8, 4) is 6.07 Å². The van der Waals surface area contributed by atoms with Crippen LogP contribution in [0.5, 0.6) is 0 Å². The van der Waals surface area contributed by atoms with E-state index >= 15 is 0 Å². The van der Waals surface area contributed by atoms with Crippen molar-refractivity contribution in [2.75, 3.05) is 6.54 Å². The van der Waals surface area contributed by atoms with Gasteiger partial charge in [-0.3, -0.25) is 4.79 Å². The molecular weight excluding hydrogens is 284 g/mol. The maximum atomic E-state index is 12.5. The topological polar surface area (TPSA) is 44.1 Å². The van der Waals surface area contributed by atoms with Gasteiger partial charge >= 0.3 is 0 Å². The Morgan fingerprint density at radius 3 is 2.57 bits per heavy atom. The fraction of sp³-hybridized carbons (Fsp3) is 0.500. The minimum Gasteiger partial charge on any atom is -0.335 e. The second-order valence-electron chi connectivity index (χ2n) is 6.41. The first-order valence-corrected chi connectivity index (χ1v) is 8.60. The van der Waals surface area contributed by atoms with Crippen LogP contribution >= 0.6 is 0 Å². The van der Waals surface area contributed by atoms with Crippen molar-refractivity contribution in [2.45, 2.75) is 51.5 Å². The van der Waals surface area contributed by atoms with Crippen LogP contribution in [-0.4, -0.2) is 17.4 Å².